The van der Waals surface area contributed by atoms with Gasteiger partial charge in [0.2, 0.25) is 0 Å². The molecule has 3 aromatic heterocycles. The predicted octanol–water partition coefficient (Wildman–Crippen LogP) is 5.57. The Kier molecular flexibility index (Phi) is 6.30. The molecule has 0 spiro atoms. The first-order valence-electron chi connectivity index (χ1n) is 10.9. The number of halogens is 4. The molecule has 0 fully saturated rings. The smallest absolute Gasteiger partial charge is 0.433 e. The molecular formula is C25H18ClF3N6O2. The molecule has 1 amide bonds. The number of anilines is 1. The van der Waals surface area contributed by atoms with Crippen molar-refractivity contribution in [1.82, 2.24) is 24.4 Å². The Bertz CT molecular complexity index is 1590. The number of nitrogens with one attached hydrogen (secondary N) is 1. The Labute approximate surface area is 213 Å². The zero-order valence-corrected chi connectivity index (χ0v) is 20.0. The van der Waals surface area contributed by atoms with Crippen molar-refractivity contribution in [2.75, 3.05) is 12.4 Å². The Morgan fingerprint density at radius 2 is 1.86 bits per heavy atom. The van der Waals surface area contributed by atoms with Crippen LogP contribution in [0.4, 0.5) is 18.9 Å². The lowest BCUT2D eigenvalue weighted by atomic mass is 10.1. The highest BCUT2D eigenvalue weighted by Gasteiger charge is 2.35. The molecule has 5 rings (SSSR count). The number of alkyl halides is 3. The van der Waals surface area contributed by atoms with Crippen LogP contribution in [0.15, 0.2) is 73.1 Å². The van der Waals surface area contributed by atoms with Gasteiger partial charge in [0.1, 0.15) is 5.75 Å². The minimum absolute atomic E-state index is 0.0789. The predicted molar refractivity (Wildman–Crippen MR) is 131 cm³/mol. The van der Waals surface area contributed by atoms with Crippen molar-refractivity contribution in [1.29, 1.82) is 0 Å². The number of ether oxygens (including phenoxy) is 1. The second kappa shape index (κ2) is 9.58. The maximum atomic E-state index is 13.9. The third-order valence-electron chi connectivity index (χ3n) is 5.52. The summed E-state index contributed by atoms with van der Waals surface area (Å²) >= 11 is 6.18. The molecule has 0 saturated carbocycles. The molecule has 37 heavy (non-hydrogen) atoms. The molecule has 3 heterocycles. The molecule has 0 aliphatic rings. The van der Waals surface area contributed by atoms with E-state index in [2.05, 4.69) is 20.5 Å². The number of benzene rings is 2. The molecule has 1 N–H and O–H groups in total. The number of nitrogens with zero attached hydrogens (tertiary/aromatic N) is 5. The van der Waals surface area contributed by atoms with Gasteiger partial charge in [0.15, 0.2) is 17.0 Å². The molecule has 188 valence electrons. The van der Waals surface area contributed by atoms with Crippen molar-refractivity contribution in [3.05, 3.63) is 95.0 Å². The number of amides is 1. The molecule has 2 aromatic carbocycles. The van der Waals surface area contributed by atoms with Crippen molar-refractivity contribution in [2.24, 2.45) is 0 Å². The van der Waals surface area contributed by atoms with Gasteiger partial charge < -0.3 is 10.1 Å². The van der Waals surface area contributed by atoms with Crippen LogP contribution >= 0.6 is 11.6 Å². The van der Waals surface area contributed by atoms with Crippen molar-refractivity contribution in [3.63, 3.8) is 0 Å². The van der Waals surface area contributed by atoms with Crippen LogP contribution < -0.4 is 10.1 Å². The number of rotatable bonds is 6. The molecule has 5 aromatic rings. The van der Waals surface area contributed by atoms with Gasteiger partial charge in [-0.3, -0.25) is 9.48 Å². The molecule has 0 radical (unpaired) electrons. The fraction of sp³-hybridized carbons (Fsp3) is 0.120. The van der Waals surface area contributed by atoms with Gasteiger partial charge in [-0.2, -0.15) is 23.4 Å². The second-order valence-corrected chi connectivity index (χ2v) is 8.43. The lowest BCUT2D eigenvalue weighted by Gasteiger charge is -2.11. The topological polar surface area (TPSA) is 86.3 Å². The summed E-state index contributed by atoms with van der Waals surface area (Å²) in [5, 5.41) is 11.3. The van der Waals surface area contributed by atoms with E-state index in [-0.39, 0.29) is 17.0 Å². The van der Waals surface area contributed by atoms with Crippen molar-refractivity contribution in [2.45, 2.75) is 12.7 Å². The van der Waals surface area contributed by atoms with E-state index in [1.165, 1.54) is 19.4 Å². The molecule has 0 unspecified atom stereocenters. The highest BCUT2D eigenvalue weighted by atomic mass is 35.5. The highest BCUT2D eigenvalue weighted by Crippen LogP contribution is 2.33. The van der Waals surface area contributed by atoms with Gasteiger partial charge in [0.05, 0.1) is 31.2 Å². The Hall–Kier alpha value is -4.38. The standard InChI is InChI=1S/C25H18ClF3N6O2/c1-37-18-8-6-15(7-9-18)20-10-22(25(27,28)29)35-23(32-20)11-21(33-35)24(36)31-17-12-30-34(14-17)13-16-4-2-3-5-19(16)26/h2-12,14H,13H2,1H3,(H,31,36). The zero-order valence-electron chi connectivity index (χ0n) is 19.2. The summed E-state index contributed by atoms with van der Waals surface area (Å²) in [7, 11) is 1.49. The van der Waals surface area contributed by atoms with E-state index in [1.807, 2.05) is 18.2 Å². The molecule has 0 bridgehead atoms. The van der Waals surface area contributed by atoms with Crippen LogP contribution in [0.3, 0.4) is 0 Å². The fourth-order valence-corrected chi connectivity index (χ4v) is 3.90. The fourth-order valence-electron chi connectivity index (χ4n) is 3.71. The quantitative estimate of drug-likeness (QED) is 0.312. The normalized spacial score (nSPS) is 11.6. The number of aromatic nitrogens is 5. The van der Waals surface area contributed by atoms with E-state index in [4.69, 9.17) is 16.3 Å². The summed E-state index contributed by atoms with van der Waals surface area (Å²) in [5.74, 6) is -0.152. The average molecular weight is 527 g/mol. The maximum Gasteiger partial charge on any atom is 0.433 e. The minimum atomic E-state index is -4.73. The van der Waals surface area contributed by atoms with Gasteiger partial charge in [-0.05, 0) is 42.0 Å². The summed E-state index contributed by atoms with van der Waals surface area (Å²) in [6, 6.07) is 15.8. The first-order chi connectivity index (χ1) is 17.7. The SMILES string of the molecule is COc1ccc(-c2cc(C(F)(F)F)n3nc(C(=O)Nc4cnn(Cc5ccccc5Cl)c4)cc3n2)cc1. The molecule has 0 atom stereocenters. The van der Waals surface area contributed by atoms with Gasteiger partial charge in [-0.15, -0.1) is 0 Å². The van der Waals surface area contributed by atoms with Crippen molar-refractivity contribution < 1.29 is 22.7 Å². The molecule has 0 aliphatic carbocycles. The number of hydrogen-bond donors (Lipinski definition) is 1. The van der Waals surface area contributed by atoms with E-state index < -0.39 is 17.8 Å². The van der Waals surface area contributed by atoms with Crippen LogP contribution in [0, 0.1) is 0 Å². The van der Waals surface area contributed by atoms with E-state index >= 15 is 0 Å². The third kappa shape index (κ3) is 5.12. The summed E-state index contributed by atoms with van der Waals surface area (Å²) < 4.78 is 48.9. The van der Waals surface area contributed by atoms with Crippen LogP contribution in [0.2, 0.25) is 5.02 Å². The van der Waals surface area contributed by atoms with E-state index in [0.717, 1.165) is 11.6 Å². The zero-order chi connectivity index (χ0) is 26.2. The third-order valence-corrected chi connectivity index (χ3v) is 5.89. The average Bonchev–Trinajstić information content (AvgIpc) is 3.51. The largest absolute Gasteiger partial charge is 0.497 e. The van der Waals surface area contributed by atoms with Gasteiger partial charge in [0, 0.05) is 22.8 Å². The number of hydrogen-bond acceptors (Lipinski definition) is 5. The number of carbonyl (C=O) groups excluding carboxylic acids is 1. The molecule has 0 aliphatic heterocycles. The van der Waals surface area contributed by atoms with Crippen molar-refractivity contribution in [3.8, 4) is 17.0 Å². The van der Waals surface area contributed by atoms with E-state index in [0.29, 0.717) is 33.1 Å². The maximum absolute atomic E-state index is 13.9. The van der Waals surface area contributed by atoms with Gasteiger partial charge >= 0.3 is 6.18 Å². The first-order valence-corrected chi connectivity index (χ1v) is 11.3. The summed E-state index contributed by atoms with van der Waals surface area (Å²) in [6.45, 7) is 0.372. The van der Waals surface area contributed by atoms with Gasteiger partial charge in [-0.25, -0.2) is 9.50 Å². The lowest BCUT2D eigenvalue weighted by molar-refractivity contribution is -0.142. The summed E-state index contributed by atoms with van der Waals surface area (Å²) in [4.78, 5) is 17.1. The van der Waals surface area contributed by atoms with Crippen LogP contribution in [-0.2, 0) is 12.7 Å². The van der Waals surface area contributed by atoms with Gasteiger partial charge in [0.25, 0.3) is 5.91 Å². The van der Waals surface area contributed by atoms with Gasteiger partial charge in [-0.1, -0.05) is 29.8 Å². The summed E-state index contributed by atoms with van der Waals surface area (Å²) in [5.41, 5.74) is 0.293. The number of fused-ring (bicyclic) bond motifs is 1. The van der Waals surface area contributed by atoms with Crippen LogP contribution in [0.1, 0.15) is 21.7 Å². The first kappa shape index (κ1) is 24.3. The second-order valence-electron chi connectivity index (χ2n) is 8.02. The lowest BCUT2D eigenvalue weighted by Crippen LogP contribution is -2.15. The van der Waals surface area contributed by atoms with Crippen molar-refractivity contribution >= 4 is 28.8 Å². The molecule has 12 heteroatoms. The molecule has 8 nitrogen and oxygen atoms in total. The number of carbonyl (C=O) groups is 1. The van der Waals surface area contributed by atoms with E-state index in [9.17, 15) is 18.0 Å². The Morgan fingerprint density at radius 1 is 1.11 bits per heavy atom. The summed E-state index contributed by atoms with van der Waals surface area (Å²) in [6.07, 6.45) is -1.73. The Morgan fingerprint density at radius 3 is 2.57 bits per heavy atom. The minimum Gasteiger partial charge on any atom is -0.497 e. The van der Waals surface area contributed by atoms with Crippen LogP contribution in [-0.4, -0.2) is 37.4 Å². The highest BCUT2D eigenvalue weighted by molar-refractivity contribution is 6.31. The van der Waals surface area contributed by atoms with Crippen LogP contribution in [0.5, 0.6) is 5.75 Å². The number of methoxy groups -OCH3 is 1. The molecule has 0 saturated heterocycles. The van der Waals surface area contributed by atoms with E-state index in [1.54, 1.807) is 41.2 Å². The Balaban J connectivity index is 1.42. The molecular weight excluding hydrogens is 509 g/mol. The van der Waals surface area contributed by atoms with Crippen LogP contribution in [0.25, 0.3) is 16.9 Å². The monoisotopic (exact) mass is 526 g/mol.